The number of carbonyl (C=O) groups is 1. The van der Waals surface area contributed by atoms with Gasteiger partial charge < -0.3 is 19.7 Å². The quantitative estimate of drug-likeness (QED) is 0.903. The van der Waals surface area contributed by atoms with Gasteiger partial charge in [0.15, 0.2) is 0 Å². The maximum Gasteiger partial charge on any atom is 0.270 e. The van der Waals surface area contributed by atoms with E-state index in [1.807, 2.05) is 47.4 Å². The standard InChI is InChI=1S/C20H24N2O3/c23-19-8-4-7-15(19)18-13-25-12-11-22(18)20(24)17-10-9-16(21-17)14-5-2-1-3-6-14/h1-3,5-6,9-10,15,18-19,21,23H,4,7-8,11-13H2/t15-,18+,19+/m0/s1. The van der Waals surface area contributed by atoms with Crippen LogP contribution in [-0.4, -0.2) is 52.8 Å². The van der Waals surface area contributed by atoms with Gasteiger partial charge in [-0.15, -0.1) is 0 Å². The Bertz CT molecular complexity index is 728. The minimum absolute atomic E-state index is 0.00502. The highest BCUT2D eigenvalue weighted by Crippen LogP contribution is 2.33. The first kappa shape index (κ1) is 16.4. The zero-order valence-corrected chi connectivity index (χ0v) is 14.2. The Kier molecular flexibility index (Phi) is 4.59. The van der Waals surface area contributed by atoms with Gasteiger partial charge in [-0.1, -0.05) is 36.8 Å². The molecule has 0 bridgehead atoms. The summed E-state index contributed by atoms with van der Waals surface area (Å²) >= 11 is 0. The van der Waals surface area contributed by atoms with E-state index in [0.29, 0.717) is 25.5 Å². The van der Waals surface area contributed by atoms with Crippen LogP contribution in [-0.2, 0) is 4.74 Å². The molecule has 1 aromatic carbocycles. The van der Waals surface area contributed by atoms with Crippen LogP contribution >= 0.6 is 0 Å². The number of benzene rings is 1. The first-order valence-electron chi connectivity index (χ1n) is 9.05. The fourth-order valence-electron chi connectivity index (χ4n) is 4.11. The maximum atomic E-state index is 13.1. The van der Waals surface area contributed by atoms with Crippen molar-refractivity contribution >= 4 is 5.91 Å². The van der Waals surface area contributed by atoms with Gasteiger partial charge in [-0.3, -0.25) is 4.79 Å². The van der Waals surface area contributed by atoms with Crippen LogP contribution in [0.3, 0.4) is 0 Å². The van der Waals surface area contributed by atoms with Crippen molar-refractivity contribution in [3.05, 3.63) is 48.2 Å². The molecule has 132 valence electrons. The van der Waals surface area contributed by atoms with Gasteiger partial charge in [0, 0.05) is 18.2 Å². The Morgan fingerprint density at radius 3 is 2.76 bits per heavy atom. The van der Waals surface area contributed by atoms with Gasteiger partial charge in [-0.25, -0.2) is 0 Å². The Labute approximate surface area is 147 Å². The number of nitrogens with one attached hydrogen (secondary N) is 1. The summed E-state index contributed by atoms with van der Waals surface area (Å²) in [6.45, 7) is 1.64. The number of aromatic amines is 1. The Morgan fingerprint density at radius 2 is 2.00 bits per heavy atom. The van der Waals surface area contributed by atoms with Gasteiger partial charge in [-0.05, 0) is 30.5 Å². The Morgan fingerprint density at radius 1 is 1.16 bits per heavy atom. The number of amides is 1. The highest BCUT2D eigenvalue weighted by molar-refractivity contribution is 5.93. The topological polar surface area (TPSA) is 65.6 Å². The molecule has 2 heterocycles. The van der Waals surface area contributed by atoms with Crippen LogP contribution in [0.2, 0.25) is 0 Å². The fraction of sp³-hybridized carbons (Fsp3) is 0.450. The lowest BCUT2D eigenvalue weighted by Crippen LogP contribution is -2.53. The van der Waals surface area contributed by atoms with Gasteiger partial charge >= 0.3 is 0 Å². The summed E-state index contributed by atoms with van der Waals surface area (Å²) in [5.74, 6) is 0.113. The molecule has 1 aromatic heterocycles. The van der Waals surface area contributed by atoms with E-state index in [1.54, 1.807) is 0 Å². The SMILES string of the molecule is O=C(c1ccc(-c2ccccc2)[nH]1)N1CCOC[C@@H]1[C@@H]1CCC[C@H]1O. The van der Waals surface area contributed by atoms with E-state index in [-0.39, 0.29) is 24.0 Å². The summed E-state index contributed by atoms with van der Waals surface area (Å²) in [6.07, 6.45) is 2.47. The highest BCUT2D eigenvalue weighted by Gasteiger charge is 2.39. The molecule has 1 aliphatic carbocycles. The normalized spacial score (nSPS) is 26.8. The van der Waals surface area contributed by atoms with Crippen molar-refractivity contribution in [1.29, 1.82) is 0 Å². The van der Waals surface area contributed by atoms with Gasteiger partial charge in [0.05, 0.1) is 25.4 Å². The smallest absolute Gasteiger partial charge is 0.270 e. The van der Waals surface area contributed by atoms with Gasteiger partial charge in [0.1, 0.15) is 5.69 Å². The number of ether oxygens (including phenoxy) is 1. The molecule has 2 aromatic rings. The van der Waals surface area contributed by atoms with E-state index < -0.39 is 0 Å². The van der Waals surface area contributed by atoms with E-state index in [2.05, 4.69) is 4.98 Å². The molecule has 2 fully saturated rings. The van der Waals surface area contributed by atoms with E-state index in [0.717, 1.165) is 30.5 Å². The molecule has 1 saturated carbocycles. The molecular weight excluding hydrogens is 316 g/mol. The van der Waals surface area contributed by atoms with Crippen molar-refractivity contribution in [2.45, 2.75) is 31.4 Å². The minimum atomic E-state index is -0.328. The molecule has 4 rings (SSSR count). The molecule has 2 aliphatic rings. The molecule has 0 unspecified atom stereocenters. The lowest BCUT2D eigenvalue weighted by Gasteiger charge is -2.39. The van der Waals surface area contributed by atoms with Crippen LogP contribution in [0, 0.1) is 5.92 Å². The van der Waals surface area contributed by atoms with Gasteiger partial charge in [0.25, 0.3) is 5.91 Å². The van der Waals surface area contributed by atoms with Crippen LogP contribution in [0.15, 0.2) is 42.5 Å². The molecule has 3 atom stereocenters. The van der Waals surface area contributed by atoms with Crippen molar-refractivity contribution in [3.63, 3.8) is 0 Å². The largest absolute Gasteiger partial charge is 0.393 e. The molecule has 1 amide bonds. The second kappa shape index (κ2) is 7.02. The number of rotatable bonds is 3. The average molecular weight is 340 g/mol. The number of nitrogens with zero attached hydrogens (tertiary/aromatic N) is 1. The lowest BCUT2D eigenvalue weighted by atomic mass is 9.94. The summed E-state index contributed by atoms with van der Waals surface area (Å²) in [5.41, 5.74) is 2.60. The zero-order valence-electron chi connectivity index (χ0n) is 14.2. The van der Waals surface area contributed by atoms with E-state index in [9.17, 15) is 9.90 Å². The van der Waals surface area contributed by atoms with Crippen LogP contribution in [0.1, 0.15) is 29.8 Å². The van der Waals surface area contributed by atoms with Crippen molar-refractivity contribution in [2.75, 3.05) is 19.8 Å². The first-order chi connectivity index (χ1) is 12.2. The molecule has 1 aliphatic heterocycles. The molecule has 1 saturated heterocycles. The molecule has 2 N–H and O–H groups in total. The van der Waals surface area contributed by atoms with Crippen molar-refractivity contribution in [2.24, 2.45) is 5.92 Å². The number of morpholine rings is 1. The van der Waals surface area contributed by atoms with E-state index in [4.69, 9.17) is 4.74 Å². The maximum absolute atomic E-state index is 13.1. The van der Waals surface area contributed by atoms with Gasteiger partial charge in [-0.2, -0.15) is 0 Å². The monoisotopic (exact) mass is 340 g/mol. The summed E-state index contributed by atoms with van der Waals surface area (Å²) in [7, 11) is 0. The third-order valence-electron chi connectivity index (χ3n) is 5.45. The second-order valence-corrected chi connectivity index (χ2v) is 6.95. The van der Waals surface area contributed by atoms with E-state index in [1.165, 1.54) is 0 Å². The number of aliphatic hydroxyl groups is 1. The number of aromatic nitrogens is 1. The highest BCUT2D eigenvalue weighted by atomic mass is 16.5. The molecule has 0 radical (unpaired) electrons. The summed E-state index contributed by atoms with van der Waals surface area (Å²) in [4.78, 5) is 18.2. The molecule has 25 heavy (non-hydrogen) atoms. The third kappa shape index (κ3) is 3.22. The van der Waals surface area contributed by atoms with Crippen LogP contribution in [0.5, 0.6) is 0 Å². The van der Waals surface area contributed by atoms with Crippen molar-refractivity contribution < 1.29 is 14.6 Å². The fourth-order valence-corrected chi connectivity index (χ4v) is 4.11. The van der Waals surface area contributed by atoms with E-state index >= 15 is 0 Å². The molecule has 5 heteroatoms. The predicted molar refractivity (Wildman–Crippen MR) is 95.2 cm³/mol. The van der Waals surface area contributed by atoms with Gasteiger partial charge in [0.2, 0.25) is 0 Å². The Hall–Kier alpha value is -2.11. The number of H-pyrrole nitrogens is 1. The molecular formula is C20H24N2O3. The third-order valence-corrected chi connectivity index (χ3v) is 5.45. The predicted octanol–water partition coefficient (Wildman–Crippen LogP) is 2.68. The molecule has 0 spiro atoms. The summed E-state index contributed by atoms with van der Waals surface area (Å²) in [5, 5.41) is 10.3. The number of hydrogen-bond donors (Lipinski definition) is 2. The molecule has 5 nitrogen and oxygen atoms in total. The van der Waals surface area contributed by atoms with Crippen LogP contribution in [0.25, 0.3) is 11.3 Å². The van der Waals surface area contributed by atoms with Crippen molar-refractivity contribution in [1.82, 2.24) is 9.88 Å². The zero-order chi connectivity index (χ0) is 17.2. The Balaban J connectivity index is 1.55. The number of carbonyl (C=O) groups excluding carboxylic acids is 1. The van der Waals surface area contributed by atoms with Crippen molar-refractivity contribution in [3.8, 4) is 11.3 Å². The first-order valence-corrected chi connectivity index (χ1v) is 9.05. The number of hydrogen-bond acceptors (Lipinski definition) is 3. The second-order valence-electron chi connectivity index (χ2n) is 6.95. The van der Waals surface area contributed by atoms with Crippen LogP contribution < -0.4 is 0 Å². The lowest BCUT2D eigenvalue weighted by molar-refractivity contribution is -0.0385. The van der Waals surface area contributed by atoms with Crippen LogP contribution in [0.4, 0.5) is 0 Å². The average Bonchev–Trinajstić information content (AvgIpc) is 3.31. The summed E-state index contributed by atoms with van der Waals surface area (Å²) < 4.78 is 5.62. The summed E-state index contributed by atoms with van der Waals surface area (Å²) in [6, 6.07) is 13.7. The minimum Gasteiger partial charge on any atom is -0.393 e. The number of aliphatic hydroxyl groups excluding tert-OH is 1.